The van der Waals surface area contributed by atoms with Crippen molar-refractivity contribution in [3.05, 3.63) is 22.2 Å². The Morgan fingerprint density at radius 2 is 2.17 bits per heavy atom. The number of nitrogens with zero attached hydrogens (tertiary/aromatic N) is 4. The predicted molar refractivity (Wildman–Crippen MR) is 65.8 cm³/mol. The van der Waals surface area contributed by atoms with Gasteiger partial charge in [0.05, 0.1) is 6.10 Å². The van der Waals surface area contributed by atoms with Crippen molar-refractivity contribution in [2.45, 2.75) is 25.9 Å². The van der Waals surface area contributed by atoms with Gasteiger partial charge in [-0.05, 0) is 19.8 Å². The second-order valence-electron chi connectivity index (χ2n) is 4.66. The fourth-order valence-electron chi connectivity index (χ4n) is 2.32. The van der Waals surface area contributed by atoms with E-state index in [0.717, 1.165) is 37.3 Å². The maximum Gasteiger partial charge on any atom is 0.348 e. The molecule has 0 aliphatic carbocycles. The van der Waals surface area contributed by atoms with Crippen LogP contribution in [0, 0.1) is 6.92 Å². The van der Waals surface area contributed by atoms with Crippen molar-refractivity contribution in [3.63, 3.8) is 0 Å². The van der Waals surface area contributed by atoms with Gasteiger partial charge in [-0.3, -0.25) is 0 Å². The Morgan fingerprint density at radius 1 is 1.44 bits per heavy atom. The number of aromatic nitrogens is 4. The standard InChI is InChI=1S/C11H15N5O2/c1-7-6-16-10(13-14-11(16)18)12-9(7)15-4-2-8(17)3-5-15/h6,8,17H,2-5H2,1H3,(H,14,18). The summed E-state index contributed by atoms with van der Waals surface area (Å²) in [5, 5.41) is 15.8. The molecular weight excluding hydrogens is 234 g/mol. The molecule has 0 aromatic carbocycles. The number of fused-ring (bicyclic) bond motifs is 1. The van der Waals surface area contributed by atoms with Crippen molar-refractivity contribution in [1.29, 1.82) is 0 Å². The number of rotatable bonds is 1. The Labute approximate surface area is 103 Å². The minimum atomic E-state index is -0.277. The molecule has 18 heavy (non-hydrogen) atoms. The van der Waals surface area contributed by atoms with E-state index in [4.69, 9.17) is 0 Å². The summed E-state index contributed by atoms with van der Waals surface area (Å²) in [6.45, 7) is 3.48. The Kier molecular flexibility index (Phi) is 2.55. The predicted octanol–water partition coefficient (Wildman–Crippen LogP) is -0.313. The van der Waals surface area contributed by atoms with E-state index in [1.807, 2.05) is 6.92 Å². The van der Waals surface area contributed by atoms with Gasteiger partial charge in [0.1, 0.15) is 5.82 Å². The molecule has 7 heteroatoms. The minimum Gasteiger partial charge on any atom is -0.393 e. The lowest BCUT2D eigenvalue weighted by Crippen LogP contribution is -2.36. The summed E-state index contributed by atoms with van der Waals surface area (Å²) >= 11 is 0. The van der Waals surface area contributed by atoms with E-state index in [1.54, 1.807) is 6.20 Å². The second kappa shape index (κ2) is 4.09. The van der Waals surface area contributed by atoms with E-state index < -0.39 is 0 Å². The number of piperidine rings is 1. The van der Waals surface area contributed by atoms with Crippen LogP contribution in [0.1, 0.15) is 18.4 Å². The molecule has 96 valence electrons. The van der Waals surface area contributed by atoms with Gasteiger partial charge in [-0.1, -0.05) is 0 Å². The number of H-pyrrole nitrogens is 1. The Balaban J connectivity index is 2.01. The lowest BCUT2D eigenvalue weighted by Gasteiger charge is -2.31. The Bertz CT molecular complexity index is 624. The zero-order chi connectivity index (χ0) is 12.7. The van der Waals surface area contributed by atoms with Crippen molar-refractivity contribution in [2.24, 2.45) is 0 Å². The molecule has 1 fully saturated rings. The Morgan fingerprint density at radius 3 is 2.89 bits per heavy atom. The normalized spacial score (nSPS) is 17.6. The maximum absolute atomic E-state index is 11.4. The SMILES string of the molecule is Cc1cn2c(=O)[nH]nc2nc1N1CCC(O)CC1. The third-order valence-corrected chi connectivity index (χ3v) is 3.33. The van der Waals surface area contributed by atoms with E-state index in [0.29, 0.717) is 5.78 Å². The largest absolute Gasteiger partial charge is 0.393 e. The molecule has 1 aliphatic rings. The van der Waals surface area contributed by atoms with Crippen molar-refractivity contribution in [2.75, 3.05) is 18.0 Å². The molecule has 2 aromatic heterocycles. The van der Waals surface area contributed by atoms with Gasteiger partial charge in [0, 0.05) is 24.8 Å². The lowest BCUT2D eigenvalue weighted by molar-refractivity contribution is 0.145. The fourth-order valence-corrected chi connectivity index (χ4v) is 2.32. The van der Waals surface area contributed by atoms with Crippen molar-refractivity contribution in [1.82, 2.24) is 19.6 Å². The molecule has 2 N–H and O–H groups in total. The summed E-state index contributed by atoms with van der Waals surface area (Å²) in [6.07, 6.45) is 3.03. The van der Waals surface area contributed by atoms with E-state index in [1.165, 1.54) is 4.40 Å². The number of hydrogen-bond acceptors (Lipinski definition) is 5. The van der Waals surface area contributed by atoms with Gasteiger partial charge in [0.15, 0.2) is 0 Å². The van der Waals surface area contributed by atoms with Gasteiger partial charge >= 0.3 is 5.69 Å². The van der Waals surface area contributed by atoms with Crippen molar-refractivity contribution < 1.29 is 5.11 Å². The molecule has 7 nitrogen and oxygen atoms in total. The first-order valence-electron chi connectivity index (χ1n) is 6.02. The highest BCUT2D eigenvalue weighted by molar-refractivity contribution is 5.50. The third-order valence-electron chi connectivity index (χ3n) is 3.33. The van der Waals surface area contributed by atoms with E-state index >= 15 is 0 Å². The molecule has 1 aliphatic heterocycles. The number of anilines is 1. The second-order valence-corrected chi connectivity index (χ2v) is 4.66. The van der Waals surface area contributed by atoms with Gasteiger partial charge in [-0.15, -0.1) is 5.10 Å². The van der Waals surface area contributed by atoms with Gasteiger partial charge in [0.2, 0.25) is 0 Å². The van der Waals surface area contributed by atoms with Crippen LogP contribution in [0.4, 0.5) is 5.82 Å². The number of aryl methyl sites for hydroxylation is 1. The van der Waals surface area contributed by atoms with Gasteiger partial charge in [-0.25, -0.2) is 14.3 Å². The average molecular weight is 249 g/mol. The molecule has 0 amide bonds. The quantitative estimate of drug-likeness (QED) is 0.724. The summed E-state index contributed by atoms with van der Waals surface area (Å²) in [5.41, 5.74) is 0.656. The van der Waals surface area contributed by atoms with Crippen molar-refractivity contribution >= 4 is 11.6 Å². The molecular formula is C11H15N5O2. The van der Waals surface area contributed by atoms with Gasteiger partial charge in [0.25, 0.3) is 5.78 Å². The number of aliphatic hydroxyl groups excluding tert-OH is 1. The molecule has 3 rings (SSSR count). The first-order valence-corrected chi connectivity index (χ1v) is 6.02. The van der Waals surface area contributed by atoms with Gasteiger partial charge < -0.3 is 10.0 Å². The average Bonchev–Trinajstić information content (AvgIpc) is 2.71. The molecule has 0 unspecified atom stereocenters. The van der Waals surface area contributed by atoms with Crippen LogP contribution < -0.4 is 10.6 Å². The summed E-state index contributed by atoms with van der Waals surface area (Å²) in [4.78, 5) is 18.0. The van der Waals surface area contributed by atoms with E-state index in [9.17, 15) is 9.90 Å². The zero-order valence-corrected chi connectivity index (χ0v) is 10.1. The van der Waals surface area contributed by atoms with Crippen LogP contribution in [0.25, 0.3) is 5.78 Å². The highest BCUT2D eigenvalue weighted by Crippen LogP contribution is 2.21. The van der Waals surface area contributed by atoms with Crippen LogP contribution >= 0.6 is 0 Å². The van der Waals surface area contributed by atoms with Crippen LogP contribution in [0.5, 0.6) is 0 Å². The van der Waals surface area contributed by atoms with Crippen LogP contribution in [0.15, 0.2) is 11.0 Å². The van der Waals surface area contributed by atoms with Crippen molar-refractivity contribution in [3.8, 4) is 0 Å². The molecule has 3 heterocycles. The summed E-state index contributed by atoms with van der Waals surface area (Å²) in [6, 6.07) is 0. The summed E-state index contributed by atoms with van der Waals surface area (Å²) < 4.78 is 1.40. The number of aromatic amines is 1. The topological polar surface area (TPSA) is 86.5 Å². The highest BCUT2D eigenvalue weighted by atomic mass is 16.3. The van der Waals surface area contributed by atoms with Crippen LogP contribution in [-0.4, -0.2) is 43.9 Å². The highest BCUT2D eigenvalue weighted by Gasteiger charge is 2.20. The van der Waals surface area contributed by atoms with E-state index in [-0.39, 0.29) is 11.8 Å². The maximum atomic E-state index is 11.4. The minimum absolute atomic E-state index is 0.210. The molecule has 0 radical (unpaired) electrons. The zero-order valence-electron chi connectivity index (χ0n) is 10.1. The lowest BCUT2D eigenvalue weighted by atomic mass is 10.1. The van der Waals surface area contributed by atoms with Crippen LogP contribution in [-0.2, 0) is 0 Å². The van der Waals surface area contributed by atoms with Gasteiger partial charge in [-0.2, -0.15) is 4.98 Å². The fraction of sp³-hybridized carbons (Fsp3) is 0.545. The monoisotopic (exact) mass is 249 g/mol. The first kappa shape index (κ1) is 11.2. The molecule has 0 spiro atoms. The smallest absolute Gasteiger partial charge is 0.348 e. The number of hydrogen-bond donors (Lipinski definition) is 2. The Hall–Kier alpha value is -1.89. The molecule has 0 bridgehead atoms. The molecule has 2 aromatic rings. The molecule has 1 saturated heterocycles. The van der Waals surface area contributed by atoms with Crippen LogP contribution in [0.3, 0.4) is 0 Å². The molecule has 0 saturated carbocycles. The summed E-state index contributed by atoms with van der Waals surface area (Å²) in [5.74, 6) is 1.22. The molecule has 0 atom stereocenters. The van der Waals surface area contributed by atoms with E-state index in [2.05, 4.69) is 20.1 Å². The number of aliphatic hydroxyl groups is 1. The number of nitrogens with one attached hydrogen (secondary N) is 1. The third kappa shape index (κ3) is 1.76. The first-order chi connectivity index (χ1) is 8.65. The van der Waals surface area contributed by atoms with Crippen LogP contribution in [0.2, 0.25) is 0 Å². The summed E-state index contributed by atoms with van der Waals surface area (Å²) in [7, 11) is 0.